The molecule has 1 aromatic carbocycles. The number of hydrogen-bond acceptors (Lipinski definition) is 3. The van der Waals surface area contributed by atoms with Gasteiger partial charge in [0.15, 0.2) is 11.5 Å². The first-order valence-electron chi connectivity index (χ1n) is 4.34. The number of methoxy groups -OCH3 is 1. The topological polar surface area (TPSA) is 68.3 Å². The monoisotopic (exact) mass is 230 g/mol. The molecule has 0 radical (unpaired) electrons. The third kappa shape index (κ3) is 3.02. The van der Waals surface area contributed by atoms with Gasteiger partial charge in [0, 0.05) is 0 Å². The van der Waals surface area contributed by atoms with Crippen molar-refractivity contribution in [3.8, 4) is 11.5 Å². The molecule has 84 valence electrons. The summed E-state index contributed by atoms with van der Waals surface area (Å²) in [6.45, 7) is 2.39. The summed E-state index contributed by atoms with van der Waals surface area (Å²) < 4.78 is 10.5. The fraction of sp³-hybridized carbons (Fsp3) is 0.300. The summed E-state index contributed by atoms with van der Waals surface area (Å²) in [7, 11) is 1.56. The third-order valence-electron chi connectivity index (χ3n) is 1.78. The van der Waals surface area contributed by atoms with Crippen LogP contribution in [0.3, 0.4) is 0 Å². The maximum atomic E-state index is 7.37. The Kier molecular flexibility index (Phi) is 5.56. The van der Waals surface area contributed by atoms with E-state index in [9.17, 15) is 0 Å². The standard InChI is InChI=1S/C10H14N2O2.ClH/c1-3-14-9-7(10(11)12)5-4-6-8(9)13-2;/h4-6H,3H2,1-2H3,(H3,11,12);1H. The average Bonchev–Trinajstić information content (AvgIpc) is 2.18. The van der Waals surface area contributed by atoms with Crippen molar-refractivity contribution >= 4 is 18.2 Å². The molecule has 0 aliphatic rings. The van der Waals surface area contributed by atoms with E-state index in [2.05, 4.69) is 0 Å². The van der Waals surface area contributed by atoms with Crippen LogP contribution in [0.25, 0.3) is 0 Å². The highest BCUT2D eigenvalue weighted by atomic mass is 35.5. The molecule has 0 saturated carbocycles. The maximum absolute atomic E-state index is 7.37. The van der Waals surface area contributed by atoms with Crippen molar-refractivity contribution in [3.63, 3.8) is 0 Å². The van der Waals surface area contributed by atoms with Crippen molar-refractivity contribution < 1.29 is 9.47 Å². The van der Waals surface area contributed by atoms with Crippen molar-refractivity contribution in [2.75, 3.05) is 13.7 Å². The van der Waals surface area contributed by atoms with Crippen molar-refractivity contribution in [1.29, 1.82) is 5.41 Å². The number of amidine groups is 1. The van der Waals surface area contributed by atoms with Crippen molar-refractivity contribution in [1.82, 2.24) is 0 Å². The molecule has 0 aliphatic carbocycles. The minimum absolute atomic E-state index is 0. The zero-order valence-corrected chi connectivity index (χ0v) is 9.56. The summed E-state index contributed by atoms with van der Waals surface area (Å²) in [6, 6.07) is 5.28. The smallest absolute Gasteiger partial charge is 0.172 e. The molecule has 0 saturated heterocycles. The van der Waals surface area contributed by atoms with Gasteiger partial charge in [-0.3, -0.25) is 5.41 Å². The first-order chi connectivity index (χ1) is 6.70. The minimum Gasteiger partial charge on any atom is -0.493 e. The van der Waals surface area contributed by atoms with E-state index in [-0.39, 0.29) is 18.2 Å². The van der Waals surface area contributed by atoms with Crippen LogP contribution in [0.4, 0.5) is 0 Å². The van der Waals surface area contributed by atoms with Gasteiger partial charge in [0.05, 0.1) is 19.3 Å². The van der Waals surface area contributed by atoms with E-state index in [0.29, 0.717) is 23.7 Å². The van der Waals surface area contributed by atoms with Gasteiger partial charge in [-0.1, -0.05) is 6.07 Å². The first-order valence-corrected chi connectivity index (χ1v) is 4.34. The molecule has 0 fully saturated rings. The molecule has 0 atom stereocenters. The molecular weight excluding hydrogens is 216 g/mol. The Balaban J connectivity index is 0.00000196. The van der Waals surface area contributed by atoms with E-state index in [1.165, 1.54) is 0 Å². The molecule has 1 rings (SSSR count). The number of hydrogen-bond donors (Lipinski definition) is 2. The van der Waals surface area contributed by atoms with Gasteiger partial charge in [0.1, 0.15) is 5.84 Å². The van der Waals surface area contributed by atoms with Gasteiger partial charge in [-0.25, -0.2) is 0 Å². The third-order valence-corrected chi connectivity index (χ3v) is 1.78. The van der Waals surface area contributed by atoms with Gasteiger partial charge >= 0.3 is 0 Å². The number of nitrogen functional groups attached to an aromatic ring is 1. The normalized spacial score (nSPS) is 8.93. The first kappa shape index (κ1) is 13.6. The van der Waals surface area contributed by atoms with Crippen LogP contribution in [-0.4, -0.2) is 19.6 Å². The molecule has 3 N–H and O–H groups in total. The fourth-order valence-electron chi connectivity index (χ4n) is 1.18. The maximum Gasteiger partial charge on any atom is 0.172 e. The number of benzene rings is 1. The van der Waals surface area contributed by atoms with Crippen molar-refractivity contribution in [2.45, 2.75) is 6.92 Å². The number of halogens is 1. The molecule has 0 aromatic heterocycles. The second kappa shape index (κ2) is 6.14. The number of nitrogens with one attached hydrogen (secondary N) is 1. The summed E-state index contributed by atoms with van der Waals surface area (Å²) in [6.07, 6.45) is 0. The summed E-state index contributed by atoms with van der Waals surface area (Å²) >= 11 is 0. The zero-order chi connectivity index (χ0) is 10.6. The van der Waals surface area contributed by atoms with Gasteiger partial charge < -0.3 is 15.2 Å². The Morgan fingerprint density at radius 2 is 2.13 bits per heavy atom. The minimum atomic E-state index is -0.0210. The van der Waals surface area contributed by atoms with Crippen LogP contribution in [0, 0.1) is 5.41 Å². The lowest BCUT2D eigenvalue weighted by Gasteiger charge is -2.12. The largest absolute Gasteiger partial charge is 0.493 e. The SMILES string of the molecule is CCOc1c(OC)cccc1C(=N)N.Cl. The number of nitrogens with two attached hydrogens (primary N) is 1. The van der Waals surface area contributed by atoms with Crippen LogP contribution in [0.15, 0.2) is 18.2 Å². The molecule has 0 amide bonds. The predicted octanol–water partition coefficient (Wildman–Crippen LogP) is 1.80. The zero-order valence-electron chi connectivity index (χ0n) is 8.74. The molecule has 0 unspecified atom stereocenters. The molecule has 0 bridgehead atoms. The van der Waals surface area contributed by atoms with Crippen molar-refractivity contribution in [2.24, 2.45) is 5.73 Å². The molecule has 15 heavy (non-hydrogen) atoms. The van der Waals surface area contributed by atoms with Crippen LogP contribution in [0.2, 0.25) is 0 Å². The lowest BCUT2D eigenvalue weighted by Crippen LogP contribution is -2.13. The van der Waals surface area contributed by atoms with Crippen LogP contribution in [-0.2, 0) is 0 Å². The fourth-order valence-corrected chi connectivity index (χ4v) is 1.18. The van der Waals surface area contributed by atoms with Crippen LogP contribution in [0.1, 0.15) is 12.5 Å². The Hall–Kier alpha value is -1.42. The Morgan fingerprint density at radius 1 is 1.47 bits per heavy atom. The second-order valence-corrected chi connectivity index (χ2v) is 2.68. The summed E-state index contributed by atoms with van der Waals surface area (Å²) in [5.41, 5.74) is 5.98. The van der Waals surface area contributed by atoms with Crippen LogP contribution < -0.4 is 15.2 Å². The molecule has 5 heteroatoms. The van der Waals surface area contributed by atoms with Gasteiger partial charge in [-0.15, -0.1) is 12.4 Å². The van der Waals surface area contributed by atoms with E-state index in [4.69, 9.17) is 20.6 Å². The summed E-state index contributed by atoms with van der Waals surface area (Å²) in [5.74, 6) is 1.11. The lowest BCUT2D eigenvalue weighted by atomic mass is 10.1. The van der Waals surface area contributed by atoms with E-state index >= 15 is 0 Å². The van der Waals surface area contributed by atoms with Crippen LogP contribution >= 0.6 is 12.4 Å². The van der Waals surface area contributed by atoms with Gasteiger partial charge in [-0.2, -0.15) is 0 Å². The quantitative estimate of drug-likeness (QED) is 0.612. The van der Waals surface area contributed by atoms with Gasteiger partial charge in [-0.05, 0) is 19.1 Å². The van der Waals surface area contributed by atoms with E-state index < -0.39 is 0 Å². The highest BCUT2D eigenvalue weighted by Gasteiger charge is 2.11. The lowest BCUT2D eigenvalue weighted by molar-refractivity contribution is 0.310. The molecular formula is C10H15ClN2O2. The Labute approximate surface area is 95.3 Å². The van der Waals surface area contributed by atoms with E-state index in [0.717, 1.165) is 0 Å². The number of para-hydroxylation sites is 1. The molecule has 4 nitrogen and oxygen atoms in total. The van der Waals surface area contributed by atoms with E-state index in [1.807, 2.05) is 6.92 Å². The Morgan fingerprint density at radius 3 is 2.60 bits per heavy atom. The molecule has 0 aliphatic heterocycles. The second-order valence-electron chi connectivity index (χ2n) is 2.68. The van der Waals surface area contributed by atoms with Crippen LogP contribution in [0.5, 0.6) is 11.5 Å². The number of ether oxygens (including phenoxy) is 2. The summed E-state index contributed by atoms with van der Waals surface area (Å²) in [4.78, 5) is 0. The summed E-state index contributed by atoms with van der Waals surface area (Å²) in [5, 5.41) is 7.37. The predicted molar refractivity (Wildman–Crippen MR) is 62.4 cm³/mol. The van der Waals surface area contributed by atoms with Gasteiger partial charge in [0.25, 0.3) is 0 Å². The molecule has 0 heterocycles. The van der Waals surface area contributed by atoms with Crippen molar-refractivity contribution in [3.05, 3.63) is 23.8 Å². The van der Waals surface area contributed by atoms with Gasteiger partial charge in [0.2, 0.25) is 0 Å². The average molecular weight is 231 g/mol. The highest BCUT2D eigenvalue weighted by Crippen LogP contribution is 2.30. The highest BCUT2D eigenvalue weighted by molar-refractivity contribution is 5.98. The molecule has 1 aromatic rings. The van der Waals surface area contributed by atoms with E-state index in [1.54, 1.807) is 25.3 Å². The Bertz CT molecular complexity index is 342. The molecule has 0 spiro atoms. The number of rotatable bonds is 4.